The predicted octanol–water partition coefficient (Wildman–Crippen LogP) is 4.53. The van der Waals surface area contributed by atoms with Gasteiger partial charge in [-0.1, -0.05) is 18.6 Å². The predicted molar refractivity (Wildman–Crippen MR) is 77.6 cm³/mol. The van der Waals surface area contributed by atoms with E-state index in [1.807, 2.05) is 6.92 Å². The van der Waals surface area contributed by atoms with Crippen LogP contribution in [0.1, 0.15) is 57.2 Å². The van der Waals surface area contributed by atoms with Gasteiger partial charge in [-0.25, -0.2) is 10.4 Å². The average Bonchev–Trinajstić information content (AvgIpc) is 2.42. The molecule has 0 radical (unpaired) electrons. The Morgan fingerprint density at radius 2 is 1.62 bits per heavy atom. The van der Waals surface area contributed by atoms with Gasteiger partial charge in [0, 0.05) is 18.1 Å². The fourth-order valence-corrected chi connectivity index (χ4v) is 2.93. The fraction of sp³-hybridized carbons (Fsp3) is 0.625. The molecule has 0 bridgehead atoms. The number of halogens is 3. The van der Waals surface area contributed by atoms with Gasteiger partial charge in [0.2, 0.25) is 0 Å². The number of nitrogens with zero attached hydrogens (tertiary/aromatic N) is 1. The van der Waals surface area contributed by atoms with Crippen LogP contribution in [0.2, 0.25) is 0 Å². The number of rotatable bonds is 3. The van der Waals surface area contributed by atoms with E-state index in [4.69, 9.17) is 0 Å². The molecule has 3 atom stereocenters. The molecule has 1 aromatic rings. The van der Waals surface area contributed by atoms with Gasteiger partial charge in [-0.15, -0.1) is 0 Å². The summed E-state index contributed by atoms with van der Waals surface area (Å²) < 4.78 is 37.7. The van der Waals surface area contributed by atoms with E-state index in [1.165, 1.54) is 6.42 Å². The summed E-state index contributed by atoms with van der Waals surface area (Å²) in [4.78, 5) is 0. The van der Waals surface area contributed by atoms with Crippen LogP contribution in [-0.4, -0.2) is 17.1 Å². The third kappa shape index (κ3) is 3.98. The van der Waals surface area contributed by atoms with E-state index in [0.29, 0.717) is 12.1 Å². The van der Waals surface area contributed by atoms with Crippen molar-refractivity contribution in [3.8, 4) is 0 Å². The van der Waals surface area contributed by atoms with Crippen LogP contribution < -0.4 is 5.43 Å². The number of nitrogens with one attached hydrogen (secondary N) is 1. The zero-order chi connectivity index (χ0) is 15.6. The highest BCUT2D eigenvalue weighted by atomic mass is 19.4. The molecule has 1 aliphatic rings. The minimum Gasteiger partial charge on any atom is -0.247 e. The highest BCUT2D eigenvalue weighted by Gasteiger charge is 2.30. The summed E-state index contributed by atoms with van der Waals surface area (Å²) in [5, 5.41) is 2.24. The van der Waals surface area contributed by atoms with Crippen LogP contribution in [0.15, 0.2) is 24.3 Å². The van der Waals surface area contributed by atoms with Gasteiger partial charge in [-0.2, -0.15) is 13.2 Å². The van der Waals surface area contributed by atoms with Crippen molar-refractivity contribution in [3.63, 3.8) is 0 Å². The summed E-state index contributed by atoms with van der Waals surface area (Å²) in [5.41, 5.74) is 3.71. The van der Waals surface area contributed by atoms with E-state index in [2.05, 4.69) is 24.3 Å². The maximum atomic E-state index is 12.6. The SMILES string of the molecule is CC(NN1C(C)CCCC1C)c1ccc(C(F)(F)F)cc1. The van der Waals surface area contributed by atoms with E-state index >= 15 is 0 Å². The van der Waals surface area contributed by atoms with Gasteiger partial charge in [-0.3, -0.25) is 0 Å². The van der Waals surface area contributed by atoms with Crippen molar-refractivity contribution in [3.05, 3.63) is 35.4 Å². The Morgan fingerprint density at radius 3 is 2.10 bits per heavy atom. The molecule has 118 valence electrons. The molecule has 1 heterocycles. The smallest absolute Gasteiger partial charge is 0.247 e. The average molecular weight is 300 g/mol. The minimum absolute atomic E-state index is 0.00437. The fourth-order valence-electron chi connectivity index (χ4n) is 2.93. The van der Waals surface area contributed by atoms with Gasteiger partial charge in [0.15, 0.2) is 0 Å². The lowest BCUT2D eigenvalue weighted by Gasteiger charge is -2.41. The van der Waals surface area contributed by atoms with E-state index in [0.717, 1.165) is 30.5 Å². The van der Waals surface area contributed by atoms with Gasteiger partial charge < -0.3 is 0 Å². The number of alkyl halides is 3. The molecule has 0 aliphatic carbocycles. The van der Waals surface area contributed by atoms with Crippen LogP contribution >= 0.6 is 0 Å². The lowest BCUT2D eigenvalue weighted by Crippen LogP contribution is -2.52. The van der Waals surface area contributed by atoms with Crippen molar-refractivity contribution < 1.29 is 13.2 Å². The number of hydrogen-bond acceptors (Lipinski definition) is 2. The number of benzene rings is 1. The first-order valence-corrected chi connectivity index (χ1v) is 7.50. The first kappa shape index (κ1) is 16.3. The quantitative estimate of drug-likeness (QED) is 0.882. The van der Waals surface area contributed by atoms with Gasteiger partial charge in [0.25, 0.3) is 0 Å². The first-order chi connectivity index (χ1) is 9.79. The van der Waals surface area contributed by atoms with E-state index < -0.39 is 11.7 Å². The summed E-state index contributed by atoms with van der Waals surface area (Å²) >= 11 is 0. The van der Waals surface area contributed by atoms with Crippen molar-refractivity contribution >= 4 is 0 Å². The summed E-state index contributed by atoms with van der Waals surface area (Å²) in [5.74, 6) is 0. The second kappa shape index (κ2) is 6.36. The highest BCUT2D eigenvalue weighted by Crippen LogP contribution is 2.30. The van der Waals surface area contributed by atoms with Gasteiger partial charge >= 0.3 is 6.18 Å². The molecule has 2 nitrogen and oxygen atoms in total. The van der Waals surface area contributed by atoms with Crippen LogP contribution in [0.4, 0.5) is 13.2 Å². The van der Waals surface area contributed by atoms with Crippen LogP contribution in [0.25, 0.3) is 0 Å². The molecule has 1 aromatic carbocycles. The second-order valence-corrected chi connectivity index (χ2v) is 6.01. The molecule has 3 unspecified atom stereocenters. The Bertz CT molecular complexity index is 446. The Labute approximate surface area is 124 Å². The van der Waals surface area contributed by atoms with Crippen molar-refractivity contribution in [2.24, 2.45) is 0 Å². The Morgan fingerprint density at radius 1 is 1.10 bits per heavy atom. The zero-order valence-corrected chi connectivity index (χ0v) is 12.7. The zero-order valence-electron chi connectivity index (χ0n) is 12.7. The van der Waals surface area contributed by atoms with Crippen LogP contribution in [0.5, 0.6) is 0 Å². The molecule has 2 rings (SSSR count). The third-order valence-corrected chi connectivity index (χ3v) is 4.27. The van der Waals surface area contributed by atoms with Crippen molar-refractivity contribution in [2.75, 3.05) is 0 Å². The van der Waals surface area contributed by atoms with Crippen LogP contribution in [-0.2, 0) is 6.18 Å². The maximum absolute atomic E-state index is 12.6. The summed E-state index contributed by atoms with van der Waals surface area (Å²) in [6.07, 6.45) is -0.742. The lowest BCUT2D eigenvalue weighted by molar-refractivity contribution is -0.137. The molecule has 0 saturated carbocycles. The molecule has 5 heteroatoms. The summed E-state index contributed by atoms with van der Waals surface area (Å²) in [6, 6.07) is 6.30. The molecule has 1 fully saturated rings. The highest BCUT2D eigenvalue weighted by molar-refractivity contribution is 5.26. The van der Waals surface area contributed by atoms with Crippen LogP contribution in [0.3, 0.4) is 0 Å². The minimum atomic E-state index is -4.27. The number of piperidine rings is 1. The second-order valence-electron chi connectivity index (χ2n) is 6.01. The summed E-state index contributed by atoms with van der Waals surface area (Å²) in [6.45, 7) is 6.35. The number of hydrazine groups is 1. The first-order valence-electron chi connectivity index (χ1n) is 7.50. The molecule has 0 spiro atoms. The van der Waals surface area contributed by atoms with Crippen molar-refractivity contribution in [2.45, 2.75) is 64.3 Å². The molecule has 0 aromatic heterocycles. The lowest BCUT2D eigenvalue weighted by atomic mass is 9.99. The monoisotopic (exact) mass is 300 g/mol. The van der Waals surface area contributed by atoms with Gasteiger partial charge in [0.05, 0.1) is 5.56 Å². The largest absolute Gasteiger partial charge is 0.416 e. The molecule has 0 amide bonds. The molecular formula is C16H23F3N2. The number of hydrogen-bond donors (Lipinski definition) is 1. The Kier molecular flexibility index (Phi) is 4.94. The molecule has 21 heavy (non-hydrogen) atoms. The normalized spacial score (nSPS) is 25.8. The Hall–Kier alpha value is -1.07. The molecule has 1 saturated heterocycles. The van der Waals surface area contributed by atoms with Crippen molar-refractivity contribution in [1.82, 2.24) is 10.4 Å². The summed E-state index contributed by atoms with van der Waals surface area (Å²) in [7, 11) is 0. The molecular weight excluding hydrogens is 277 g/mol. The van der Waals surface area contributed by atoms with Gasteiger partial charge in [-0.05, 0) is 51.3 Å². The van der Waals surface area contributed by atoms with E-state index in [9.17, 15) is 13.2 Å². The third-order valence-electron chi connectivity index (χ3n) is 4.27. The molecule has 1 N–H and O–H groups in total. The van der Waals surface area contributed by atoms with Gasteiger partial charge in [0.1, 0.15) is 0 Å². The maximum Gasteiger partial charge on any atom is 0.416 e. The standard InChI is InChI=1S/C16H23F3N2/c1-11-5-4-6-12(2)21(11)20-13(3)14-7-9-15(10-8-14)16(17,18)19/h7-13,20H,4-6H2,1-3H3. The van der Waals surface area contributed by atoms with E-state index in [-0.39, 0.29) is 6.04 Å². The topological polar surface area (TPSA) is 15.3 Å². The molecule has 1 aliphatic heterocycles. The van der Waals surface area contributed by atoms with Crippen LogP contribution in [0, 0.1) is 0 Å². The Balaban J connectivity index is 2.04. The van der Waals surface area contributed by atoms with Crippen molar-refractivity contribution in [1.29, 1.82) is 0 Å². The van der Waals surface area contributed by atoms with E-state index in [1.54, 1.807) is 12.1 Å².